The molecule has 1 fully saturated rings. The number of ether oxygens (including phenoxy) is 1. The summed E-state index contributed by atoms with van der Waals surface area (Å²) in [6.07, 6.45) is 1.80. The molecule has 0 bridgehead atoms. The van der Waals surface area contributed by atoms with Crippen LogP contribution in [0.2, 0.25) is 0 Å². The van der Waals surface area contributed by atoms with Crippen molar-refractivity contribution in [2.45, 2.75) is 51.0 Å². The number of hydrogen-bond donors (Lipinski definition) is 1. The number of benzene rings is 2. The van der Waals surface area contributed by atoms with Crippen molar-refractivity contribution in [1.29, 1.82) is 0 Å². The second-order valence-electron chi connectivity index (χ2n) is 9.39. The molecular formula is C25H31NO3S. The number of carbonyl (C=O) groups excluding carboxylic acids is 1. The van der Waals surface area contributed by atoms with Crippen molar-refractivity contribution in [3.05, 3.63) is 71.9 Å². The Bertz CT molecular complexity index is 900. The first-order chi connectivity index (χ1) is 14.2. The van der Waals surface area contributed by atoms with Crippen LogP contribution in [0.3, 0.4) is 0 Å². The lowest BCUT2D eigenvalue weighted by molar-refractivity contribution is -0.147. The molecule has 0 aliphatic heterocycles. The Morgan fingerprint density at radius 2 is 1.80 bits per heavy atom. The lowest BCUT2D eigenvalue weighted by Crippen LogP contribution is -2.19. The summed E-state index contributed by atoms with van der Waals surface area (Å²) in [6, 6.07) is 18.3. The fourth-order valence-electron chi connectivity index (χ4n) is 3.20. The molecule has 30 heavy (non-hydrogen) atoms. The normalized spacial score (nSPS) is 18.8. The second kappa shape index (κ2) is 9.27. The molecule has 5 heteroatoms. The van der Waals surface area contributed by atoms with Crippen molar-refractivity contribution in [1.82, 2.24) is 5.48 Å². The van der Waals surface area contributed by atoms with Gasteiger partial charge in [-0.1, -0.05) is 76.7 Å². The maximum Gasteiger partial charge on any atom is 0.314 e. The Balaban J connectivity index is 1.52. The molecule has 0 heterocycles. The van der Waals surface area contributed by atoms with E-state index in [1.807, 2.05) is 44.2 Å². The van der Waals surface area contributed by atoms with Crippen LogP contribution in [0.5, 0.6) is 0 Å². The van der Waals surface area contributed by atoms with Gasteiger partial charge in [0.1, 0.15) is 6.61 Å². The molecule has 0 saturated heterocycles. The van der Waals surface area contributed by atoms with Crippen LogP contribution in [0.25, 0.3) is 0 Å². The van der Waals surface area contributed by atoms with Gasteiger partial charge in [-0.05, 0) is 40.8 Å². The van der Waals surface area contributed by atoms with Crippen LogP contribution in [-0.4, -0.2) is 12.6 Å². The molecule has 0 unspecified atom stereocenters. The van der Waals surface area contributed by atoms with Crippen molar-refractivity contribution in [2.24, 2.45) is 16.7 Å². The molecule has 0 aromatic heterocycles. The Morgan fingerprint density at radius 3 is 2.50 bits per heavy atom. The first-order valence-electron chi connectivity index (χ1n) is 10.2. The van der Waals surface area contributed by atoms with Crippen LogP contribution in [0, 0.1) is 16.7 Å². The third-order valence-electron chi connectivity index (χ3n) is 4.99. The molecule has 1 atom stereocenters. The van der Waals surface area contributed by atoms with Crippen molar-refractivity contribution in [3.8, 4) is 0 Å². The molecule has 2 aromatic carbocycles. The van der Waals surface area contributed by atoms with Crippen molar-refractivity contribution < 1.29 is 14.4 Å². The van der Waals surface area contributed by atoms with Crippen molar-refractivity contribution in [3.63, 3.8) is 0 Å². The number of nitrogens with one attached hydrogen (secondary N) is 1. The average molecular weight is 426 g/mol. The van der Waals surface area contributed by atoms with Gasteiger partial charge in [0.2, 0.25) is 0 Å². The van der Waals surface area contributed by atoms with Gasteiger partial charge >= 0.3 is 5.97 Å². The van der Waals surface area contributed by atoms with Crippen LogP contribution >= 0.6 is 11.8 Å². The maximum atomic E-state index is 12.6. The van der Waals surface area contributed by atoms with Gasteiger partial charge in [0.05, 0.1) is 12.5 Å². The number of hydrogen-bond acceptors (Lipinski definition) is 5. The zero-order valence-electron chi connectivity index (χ0n) is 18.4. The highest BCUT2D eigenvalue weighted by molar-refractivity contribution is 7.99. The van der Waals surface area contributed by atoms with Gasteiger partial charge in [0.25, 0.3) is 0 Å². The molecule has 0 amide bonds. The van der Waals surface area contributed by atoms with Crippen LogP contribution in [0.4, 0.5) is 0 Å². The molecule has 1 N–H and O–H groups in total. The first-order valence-corrected chi connectivity index (χ1v) is 11.0. The molecule has 1 aliphatic rings. The average Bonchev–Trinajstić information content (AvgIpc) is 3.24. The topological polar surface area (TPSA) is 47.6 Å². The highest BCUT2D eigenvalue weighted by Gasteiger charge is 2.58. The van der Waals surface area contributed by atoms with Crippen LogP contribution in [0.1, 0.15) is 40.2 Å². The Labute approximate surface area is 184 Å². The van der Waals surface area contributed by atoms with Gasteiger partial charge in [0.15, 0.2) is 0 Å². The van der Waals surface area contributed by atoms with E-state index < -0.39 is 0 Å². The number of rotatable bonds is 8. The van der Waals surface area contributed by atoms with Gasteiger partial charge < -0.3 is 4.74 Å². The zero-order valence-corrected chi connectivity index (χ0v) is 19.2. The maximum absolute atomic E-state index is 12.6. The van der Waals surface area contributed by atoms with Gasteiger partial charge in [-0.25, -0.2) is 0 Å². The van der Waals surface area contributed by atoms with Gasteiger partial charge in [-0.15, -0.1) is 0 Å². The van der Waals surface area contributed by atoms with E-state index in [4.69, 9.17) is 9.57 Å². The summed E-state index contributed by atoms with van der Waals surface area (Å²) < 4.78 is 5.63. The summed E-state index contributed by atoms with van der Waals surface area (Å²) in [6.45, 7) is 11.3. The minimum Gasteiger partial charge on any atom is -0.460 e. The summed E-state index contributed by atoms with van der Waals surface area (Å²) in [5, 5.41) is 0. The monoisotopic (exact) mass is 425 g/mol. The Morgan fingerprint density at radius 1 is 1.10 bits per heavy atom. The molecule has 0 radical (unpaired) electrons. The quantitative estimate of drug-likeness (QED) is 0.320. The van der Waals surface area contributed by atoms with Crippen molar-refractivity contribution >= 4 is 17.7 Å². The molecule has 1 saturated carbocycles. The predicted molar refractivity (Wildman–Crippen MR) is 121 cm³/mol. The van der Waals surface area contributed by atoms with Gasteiger partial charge in [-0.2, -0.15) is 0 Å². The lowest BCUT2D eigenvalue weighted by Gasteiger charge is -2.16. The van der Waals surface area contributed by atoms with E-state index in [0.717, 1.165) is 16.0 Å². The summed E-state index contributed by atoms with van der Waals surface area (Å²) in [5.41, 5.74) is 4.74. The van der Waals surface area contributed by atoms with E-state index in [0.29, 0.717) is 6.61 Å². The number of hydroxylamine groups is 1. The summed E-state index contributed by atoms with van der Waals surface area (Å²) in [7, 11) is 0. The third kappa shape index (κ3) is 6.13. The fraction of sp³-hybridized carbons (Fsp3) is 0.400. The van der Waals surface area contributed by atoms with Gasteiger partial charge in [0, 0.05) is 21.4 Å². The molecular weight excluding hydrogens is 394 g/mol. The largest absolute Gasteiger partial charge is 0.460 e. The highest BCUT2D eigenvalue weighted by Crippen LogP contribution is 2.58. The smallest absolute Gasteiger partial charge is 0.314 e. The van der Waals surface area contributed by atoms with E-state index in [1.54, 1.807) is 18.0 Å². The molecule has 160 valence electrons. The summed E-state index contributed by atoms with van der Waals surface area (Å²) in [4.78, 5) is 20.4. The van der Waals surface area contributed by atoms with E-state index in [1.165, 1.54) is 4.90 Å². The van der Waals surface area contributed by atoms with Crippen LogP contribution in [0.15, 0.2) is 76.2 Å². The van der Waals surface area contributed by atoms with E-state index in [9.17, 15) is 4.79 Å². The highest BCUT2D eigenvalue weighted by atomic mass is 32.2. The number of esters is 1. The molecule has 2 aromatic rings. The second-order valence-corrected chi connectivity index (χ2v) is 10.5. The Kier molecular flexibility index (Phi) is 6.94. The SMILES string of the molecule is CC(C)(C)CONC=C1[C@@H](C(=O)OCc2cccc(Sc3ccccc3)c2)C1(C)C. The minimum atomic E-state index is -0.231. The molecule has 1 aliphatic carbocycles. The first kappa shape index (κ1) is 22.4. The van der Waals surface area contributed by atoms with E-state index >= 15 is 0 Å². The van der Waals surface area contributed by atoms with Crippen LogP contribution in [-0.2, 0) is 21.0 Å². The van der Waals surface area contributed by atoms with Crippen molar-refractivity contribution in [2.75, 3.05) is 6.61 Å². The standard InChI is InChI=1S/C25H31NO3S/c1-24(2,3)17-29-26-15-21-22(25(21,4)5)23(27)28-16-18-10-9-13-20(14-18)30-19-11-7-6-8-12-19/h6-15,22,26H,16-17H2,1-5H3/t22-/m0/s1. The lowest BCUT2D eigenvalue weighted by atomic mass is 9.99. The third-order valence-corrected chi connectivity index (χ3v) is 5.99. The molecule has 4 nitrogen and oxygen atoms in total. The molecule has 0 spiro atoms. The Hall–Kier alpha value is -2.24. The van der Waals surface area contributed by atoms with Crippen LogP contribution < -0.4 is 5.48 Å². The fourth-order valence-corrected chi connectivity index (χ4v) is 4.12. The number of carbonyl (C=O) groups is 1. The van der Waals surface area contributed by atoms with E-state index in [2.05, 4.69) is 50.5 Å². The molecule has 3 rings (SSSR count). The summed E-state index contributed by atoms with van der Waals surface area (Å²) >= 11 is 1.70. The predicted octanol–water partition coefficient (Wildman–Crippen LogP) is 5.99. The summed E-state index contributed by atoms with van der Waals surface area (Å²) in [5.74, 6) is -0.421. The van der Waals surface area contributed by atoms with Gasteiger partial charge in [-0.3, -0.25) is 15.1 Å². The zero-order chi connectivity index (χ0) is 21.8. The minimum absolute atomic E-state index is 0.0796. The van der Waals surface area contributed by atoms with E-state index in [-0.39, 0.29) is 29.3 Å².